The standard InChI is InChI=1S/C21H16F5N/c1-11-4-7-14(8-5-11)27(16-9-6-12(2)18(23)20(16)25)17-10-15(22)13(3)19(24)21(17)26/h4-10H,1-3H3. The Kier molecular flexibility index (Phi) is 4.91. The molecule has 0 fully saturated rings. The average Bonchev–Trinajstić information content (AvgIpc) is 2.65. The van der Waals surface area contributed by atoms with Gasteiger partial charge in [-0.15, -0.1) is 0 Å². The van der Waals surface area contributed by atoms with Crippen LogP contribution in [0.3, 0.4) is 0 Å². The van der Waals surface area contributed by atoms with E-state index in [2.05, 4.69) is 0 Å². The molecule has 27 heavy (non-hydrogen) atoms. The third-order valence-electron chi connectivity index (χ3n) is 4.40. The molecule has 0 aliphatic carbocycles. The Morgan fingerprint density at radius 3 is 1.85 bits per heavy atom. The molecule has 0 unspecified atom stereocenters. The second-order valence-electron chi connectivity index (χ2n) is 6.33. The fourth-order valence-electron chi connectivity index (χ4n) is 2.75. The molecule has 0 radical (unpaired) electrons. The van der Waals surface area contributed by atoms with Gasteiger partial charge >= 0.3 is 0 Å². The number of aryl methyl sites for hydroxylation is 2. The summed E-state index contributed by atoms with van der Waals surface area (Å²) in [4.78, 5) is 0.957. The van der Waals surface area contributed by atoms with Gasteiger partial charge in [0.25, 0.3) is 0 Å². The predicted molar refractivity (Wildman–Crippen MR) is 95.1 cm³/mol. The summed E-state index contributed by atoms with van der Waals surface area (Å²) in [6.07, 6.45) is 0. The molecule has 3 aromatic carbocycles. The van der Waals surface area contributed by atoms with Crippen LogP contribution in [0.15, 0.2) is 42.5 Å². The zero-order valence-corrected chi connectivity index (χ0v) is 14.9. The third kappa shape index (κ3) is 3.27. The van der Waals surface area contributed by atoms with Gasteiger partial charge < -0.3 is 4.90 Å². The largest absolute Gasteiger partial charge is 0.305 e. The van der Waals surface area contributed by atoms with Crippen molar-refractivity contribution in [2.24, 2.45) is 0 Å². The molecule has 3 aromatic rings. The highest BCUT2D eigenvalue weighted by molar-refractivity contribution is 5.77. The Hall–Kier alpha value is -2.89. The van der Waals surface area contributed by atoms with E-state index < -0.39 is 40.3 Å². The van der Waals surface area contributed by atoms with Crippen LogP contribution in [-0.4, -0.2) is 0 Å². The van der Waals surface area contributed by atoms with E-state index >= 15 is 0 Å². The van der Waals surface area contributed by atoms with Gasteiger partial charge in [-0.3, -0.25) is 0 Å². The maximum atomic E-state index is 14.7. The van der Waals surface area contributed by atoms with Crippen LogP contribution < -0.4 is 4.90 Å². The normalized spacial score (nSPS) is 11.0. The lowest BCUT2D eigenvalue weighted by Crippen LogP contribution is -2.16. The minimum absolute atomic E-state index is 0.0573. The first kappa shape index (κ1) is 18.9. The molecule has 0 aliphatic rings. The molecular weight excluding hydrogens is 361 g/mol. The quantitative estimate of drug-likeness (QED) is 0.359. The lowest BCUT2D eigenvalue weighted by molar-refractivity contribution is 0.486. The number of anilines is 3. The molecule has 0 aromatic heterocycles. The second kappa shape index (κ2) is 7.02. The monoisotopic (exact) mass is 377 g/mol. The van der Waals surface area contributed by atoms with Crippen molar-refractivity contribution >= 4 is 17.1 Å². The van der Waals surface area contributed by atoms with E-state index in [4.69, 9.17) is 0 Å². The molecule has 3 rings (SSSR count). The third-order valence-corrected chi connectivity index (χ3v) is 4.40. The maximum absolute atomic E-state index is 14.7. The summed E-state index contributed by atoms with van der Waals surface area (Å²) in [7, 11) is 0. The van der Waals surface area contributed by atoms with Gasteiger partial charge in [0.1, 0.15) is 5.82 Å². The molecule has 140 valence electrons. The van der Waals surface area contributed by atoms with Crippen LogP contribution in [0.4, 0.5) is 39.0 Å². The average molecular weight is 377 g/mol. The van der Waals surface area contributed by atoms with Gasteiger partial charge in [-0.2, -0.15) is 0 Å². The van der Waals surface area contributed by atoms with Crippen LogP contribution in [0.25, 0.3) is 0 Å². The number of nitrogens with zero attached hydrogens (tertiary/aromatic N) is 1. The summed E-state index contributed by atoms with van der Waals surface area (Å²) in [5.74, 6) is -6.08. The fourth-order valence-corrected chi connectivity index (χ4v) is 2.75. The van der Waals surface area contributed by atoms with Crippen LogP contribution >= 0.6 is 0 Å². The molecule has 6 heteroatoms. The van der Waals surface area contributed by atoms with Crippen molar-refractivity contribution in [3.8, 4) is 0 Å². The first-order chi connectivity index (χ1) is 12.7. The molecule has 0 amide bonds. The van der Waals surface area contributed by atoms with Gasteiger partial charge in [-0.25, -0.2) is 22.0 Å². The number of hydrogen-bond acceptors (Lipinski definition) is 1. The number of benzene rings is 3. The number of halogens is 5. The highest BCUT2D eigenvalue weighted by Gasteiger charge is 2.26. The van der Waals surface area contributed by atoms with E-state index in [-0.39, 0.29) is 16.9 Å². The first-order valence-electron chi connectivity index (χ1n) is 8.18. The predicted octanol–water partition coefficient (Wildman–Crippen LogP) is 6.78. The molecule has 0 saturated heterocycles. The van der Waals surface area contributed by atoms with Gasteiger partial charge in [0, 0.05) is 17.3 Å². The topological polar surface area (TPSA) is 3.24 Å². The van der Waals surface area contributed by atoms with Gasteiger partial charge in [0.05, 0.1) is 11.4 Å². The lowest BCUT2D eigenvalue weighted by atomic mass is 10.1. The zero-order valence-electron chi connectivity index (χ0n) is 14.9. The van der Waals surface area contributed by atoms with E-state index in [1.807, 2.05) is 6.92 Å². The molecule has 0 atom stereocenters. The molecular formula is C21H16F5N. The molecule has 0 aliphatic heterocycles. The Morgan fingerprint density at radius 2 is 1.22 bits per heavy atom. The highest BCUT2D eigenvalue weighted by atomic mass is 19.2. The second-order valence-corrected chi connectivity index (χ2v) is 6.33. The SMILES string of the molecule is Cc1ccc(N(c2ccc(C)c(F)c2F)c2cc(F)c(C)c(F)c2F)cc1. The van der Waals surface area contributed by atoms with Crippen LogP contribution in [0.1, 0.15) is 16.7 Å². The van der Waals surface area contributed by atoms with E-state index in [0.717, 1.165) is 23.5 Å². The number of rotatable bonds is 3. The van der Waals surface area contributed by atoms with Crippen LogP contribution in [0.5, 0.6) is 0 Å². The van der Waals surface area contributed by atoms with E-state index in [9.17, 15) is 22.0 Å². The summed E-state index contributed by atoms with van der Waals surface area (Å²) in [6.45, 7) is 4.29. The first-order valence-corrected chi connectivity index (χ1v) is 8.18. The molecule has 0 spiro atoms. The minimum Gasteiger partial charge on any atom is -0.305 e. The smallest absolute Gasteiger partial charge is 0.183 e. The molecule has 0 saturated carbocycles. The molecule has 1 nitrogen and oxygen atoms in total. The number of hydrogen-bond donors (Lipinski definition) is 0. The Balaban J connectivity index is 2.34. The fraction of sp³-hybridized carbons (Fsp3) is 0.143. The molecule has 0 heterocycles. The maximum Gasteiger partial charge on any atom is 0.183 e. The highest BCUT2D eigenvalue weighted by Crippen LogP contribution is 2.40. The van der Waals surface area contributed by atoms with Crippen LogP contribution in [0.2, 0.25) is 0 Å². The Bertz CT molecular complexity index is 1010. The van der Waals surface area contributed by atoms with Crippen molar-refractivity contribution < 1.29 is 22.0 Å². The van der Waals surface area contributed by atoms with Crippen molar-refractivity contribution in [1.29, 1.82) is 0 Å². The van der Waals surface area contributed by atoms with Crippen molar-refractivity contribution in [3.63, 3.8) is 0 Å². The Labute approximate surface area is 153 Å². The summed E-state index contributed by atoms with van der Waals surface area (Å²) >= 11 is 0. The van der Waals surface area contributed by atoms with Crippen LogP contribution in [0, 0.1) is 49.9 Å². The van der Waals surface area contributed by atoms with E-state index in [0.29, 0.717) is 0 Å². The van der Waals surface area contributed by atoms with Gasteiger partial charge in [0.2, 0.25) is 0 Å². The summed E-state index contributed by atoms with van der Waals surface area (Å²) in [6, 6.07) is 9.72. The zero-order chi connectivity index (χ0) is 19.9. The minimum atomic E-state index is -1.38. The molecule has 0 bridgehead atoms. The van der Waals surface area contributed by atoms with Gasteiger partial charge in [-0.05, 0) is 44.5 Å². The van der Waals surface area contributed by atoms with E-state index in [1.165, 1.54) is 31.2 Å². The van der Waals surface area contributed by atoms with Crippen molar-refractivity contribution in [2.75, 3.05) is 4.90 Å². The van der Waals surface area contributed by atoms with Crippen molar-refractivity contribution in [1.82, 2.24) is 0 Å². The van der Waals surface area contributed by atoms with Crippen molar-refractivity contribution in [3.05, 3.63) is 88.2 Å². The van der Waals surface area contributed by atoms with E-state index in [1.54, 1.807) is 12.1 Å². The summed E-state index contributed by atoms with van der Waals surface area (Å²) < 4.78 is 71.7. The van der Waals surface area contributed by atoms with Crippen LogP contribution in [-0.2, 0) is 0 Å². The summed E-state index contributed by atoms with van der Waals surface area (Å²) in [5.41, 5.74) is -0.247. The van der Waals surface area contributed by atoms with Gasteiger partial charge in [-0.1, -0.05) is 23.8 Å². The van der Waals surface area contributed by atoms with Crippen molar-refractivity contribution in [2.45, 2.75) is 20.8 Å². The summed E-state index contributed by atoms with van der Waals surface area (Å²) in [5, 5.41) is 0. The Morgan fingerprint density at radius 1 is 0.630 bits per heavy atom. The van der Waals surface area contributed by atoms with Gasteiger partial charge in [0.15, 0.2) is 23.3 Å². The molecule has 0 N–H and O–H groups in total. The lowest BCUT2D eigenvalue weighted by Gasteiger charge is -2.27.